The van der Waals surface area contributed by atoms with Gasteiger partial charge in [0.05, 0.1) is 12.4 Å². The Bertz CT molecular complexity index is 1050. The molecule has 156 valence electrons. The molecule has 0 radical (unpaired) electrons. The Morgan fingerprint density at radius 2 is 1.93 bits per heavy atom. The third kappa shape index (κ3) is 4.42. The molecule has 3 rings (SSSR count). The maximum Gasteiger partial charge on any atom is 0.361 e. The molecule has 0 amide bonds. The molecule has 0 bridgehead atoms. The molecule has 0 spiro atoms. The summed E-state index contributed by atoms with van der Waals surface area (Å²) in [5.41, 5.74) is -0.191. The average Bonchev–Trinajstić information content (AvgIpc) is 2.70. The molecule has 1 aromatic carbocycles. The molecule has 2 aromatic rings. The third-order valence-electron chi connectivity index (χ3n) is 4.49. The van der Waals surface area contributed by atoms with Gasteiger partial charge in [0, 0.05) is 13.6 Å². The molecule has 0 N–H and O–H groups in total. The number of esters is 1. The summed E-state index contributed by atoms with van der Waals surface area (Å²) in [6.07, 6.45) is 1.17. The van der Waals surface area contributed by atoms with E-state index >= 15 is 0 Å². The minimum absolute atomic E-state index is 0.0378. The van der Waals surface area contributed by atoms with Crippen molar-refractivity contribution in [3.8, 4) is 5.75 Å². The quantitative estimate of drug-likeness (QED) is 0.650. The molecule has 1 aliphatic heterocycles. The highest BCUT2D eigenvalue weighted by Gasteiger charge is 2.32. The van der Waals surface area contributed by atoms with Crippen LogP contribution in [0.15, 0.2) is 35.1 Å². The smallest absolute Gasteiger partial charge is 0.361 e. The van der Waals surface area contributed by atoms with Gasteiger partial charge in [-0.1, -0.05) is 30.3 Å². The van der Waals surface area contributed by atoms with E-state index in [0.717, 1.165) is 14.4 Å². The maximum absolute atomic E-state index is 13.0. The second-order valence-electron chi connectivity index (χ2n) is 6.54. The number of sulfonamides is 1. The van der Waals surface area contributed by atoms with E-state index in [1.54, 1.807) is 6.92 Å². The molecule has 1 fully saturated rings. The van der Waals surface area contributed by atoms with Gasteiger partial charge < -0.3 is 9.47 Å². The van der Waals surface area contributed by atoms with Crippen LogP contribution < -0.4 is 14.6 Å². The van der Waals surface area contributed by atoms with Gasteiger partial charge in [-0.15, -0.1) is 0 Å². The summed E-state index contributed by atoms with van der Waals surface area (Å²) in [6, 6.07) is 9.13. The van der Waals surface area contributed by atoms with E-state index in [4.69, 9.17) is 9.47 Å². The van der Waals surface area contributed by atoms with Crippen LogP contribution in [0, 0.1) is 0 Å². The first-order valence-corrected chi connectivity index (χ1v) is 10.9. The van der Waals surface area contributed by atoms with Gasteiger partial charge in [0.1, 0.15) is 6.61 Å². The van der Waals surface area contributed by atoms with E-state index in [-0.39, 0.29) is 42.9 Å². The van der Waals surface area contributed by atoms with Crippen molar-refractivity contribution in [2.45, 2.75) is 26.4 Å². The summed E-state index contributed by atoms with van der Waals surface area (Å²) in [6.45, 7) is 1.94. The van der Waals surface area contributed by atoms with Crippen molar-refractivity contribution in [2.75, 3.05) is 23.2 Å². The van der Waals surface area contributed by atoms with Gasteiger partial charge in [0.25, 0.3) is 5.56 Å². The highest BCUT2D eigenvalue weighted by Crippen LogP contribution is 2.24. The van der Waals surface area contributed by atoms with Gasteiger partial charge in [0.2, 0.25) is 21.7 Å². The molecule has 2 heterocycles. The summed E-state index contributed by atoms with van der Waals surface area (Å²) in [5, 5.41) is 0. The normalized spacial score (nSPS) is 15.7. The number of carbonyl (C=O) groups excluding carboxylic acids is 1. The molecule has 1 aliphatic rings. The highest BCUT2D eigenvalue weighted by atomic mass is 32.2. The fraction of sp³-hybridized carbons (Fsp3) is 0.421. The monoisotopic (exact) mass is 421 g/mol. The van der Waals surface area contributed by atoms with E-state index in [9.17, 15) is 18.0 Å². The second-order valence-corrected chi connectivity index (χ2v) is 8.56. The van der Waals surface area contributed by atoms with E-state index in [0.29, 0.717) is 12.8 Å². The SMILES string of the molecule is CCOC(=O)c1nc(N2CCCCS2(=O)=O)n(C)c(=O)c1OCc1ccccc1. The van der Waals surface area contributed by atoms with Crippen LogP contribution in [0.25, 0.3) is 0 Å². The first kappa shape index (κ1) is 20.8. The van der Waals surface area contributed by atoms with Crippen LogP contribution in [0.4, 0.5) is 5.95 Å². The second kappa shape index (κ2) is 8.64. The Labute approximate surface area is 168 Å². The largest absolute Gasteiger partial charge is 0.481 e. The number of carbonyl (C=O) groups is 1. The highest BCUT2D eigenvalue weighted by molar-refractivity contribution is 7.92. The molecule has 10 heteroatoms. The zero-order valence-electron chi connectivity index (χ0n) is 16.3. The fourth-order valence-corrected chi connectivity index (χ4v) is 4.61. The number of hydrogen-bond acceptors (Lipinski definition) is 7. The van der Waals surface area contributed by atoms with Gasteiger partial charge in [-0.3, -0.25) is 9.36 Å². The number of ether oxygens (including phenoxy) is 2. The Morgan fingerprint density at radius 1 is 1.21 bits per heavy atom. The van der Waals surface area contributed by atoms with Gasteiger partial charge in [-0.05, 0) is 25.3 Å². The van der Waals surface area contributed by atoms with Crippen molar-refractivity contribution in [1.82, 2.24) is 9.55 Å². The van der Waals surface area contributed by atoms with Crippen LogP contribution in [0.2, 0.25) is 0 Å². The first-order valence-electron chi connectivity index (χ1n) is 9.30. The molecule has 9 nitrogen and oxygen atoms in total. The molecule has 1 aromatic heterocycles. The number of benzene rings is 1. The van der Waals surface area contributed by atoms with Crippen molar-refractivity contribution < 1.29 is 22.7 Å². The van der Waals surface area contributed by atoms with Gasteiger partial charge in [-0.25, -0.2) is 22.5 Å². The molecule has 0 aliphatic carbocycles. The minimum Gasteiger partial charge on any atom is -0.481 e. The zero-order valence-corrected chi connectivity index (χ0v) is 17.1. The lowest BCUT2D eigenvalue weighted by Gasteiger charge is -2.28. The summed E-state index contributed by atoms with van der Waals surface area (Å²) in [5.74, 6) is -1.27. The predicted molar refractivity (Wildman–Crippen MR) is 107 cm³/mol. The number of nitrogens with zero attached hydrogens (tertiary/aromatic N) is 3. The van der Waals surface area contributed by atoms with E-state index in [1.807, 2.05) is 30.3 Å². The third-order valence-corrected chi connectivity index (χ3v) is 6.31. The van der Waals surface area contributed by atoms with Crippen molar-refractivity contribution in [3.63, 3.8) is 0 Å². The molecule has 0 unspecified atom stereocenters. The van der Waals surface area contributed by atoms with Crippen molar-refractivity contribution in [3.05, 3.63) is 51.9 Å². The summed E-state index contributed by atoms with van der Waals surface area (Å²) < 4.78 is 37.7. The molecular weight excluding hydrogens is 398 g/mol. The topological polar surface area (TPSA) is 108 Å². The summed E-state index contributed by atoms with van der Waals surface area (Å²) in [4.78, 5) is 29.6. The Balaban J connectivity index is 2.07. The van der Waals surface area contributed by atoms with E-state index in [1.165, 1.54) is 7.05 Å². The Kier molecular flexibility index (Phi) is 6.21. The lowest BCUT2D eigenvalue weighted by atomic mass is 10.2. The summed E-state index contributed by atoms with van der Waals surface area (Å²) >= 11 is 0. The van der Waals surface area contributed by atoms with Crippen LogP contribution in [0.3, 0.4) is 0 Å². The van der Waals surface area contributed by atoms with Crippen LogP contribution in [-0.2, 0) is 28.4 Å². The number of aromatic nitrogens is 2. The van der Waals surface area contributed by atoms with E-state index in [2.05, 4.69) is 4.98 Å². The van der Waals surface area contributed by atoms with Crippen LogP contribution in [-0.4, -0.2) is 42.8 Å². The number of anilines is 1. The van der Waals surface area contributed by atoms with Gasteiger partial charge >= 0.3 is 5.97 Å². The van der Waals surface area contributed by atoms with Crippen molar-refractivity contribution in [2.24, 2.45) is 7.05 Å². The average molecular weight is 421 g/mol. The minimum atomic E-state index is -3.62. The van der Waals surface area contributed by atoms with Crippen LogP contribution in [0.1, 0.15) is 35.8 Å². The van der Waals surface area contributed by atoms with Gasteiger partial charge in [-0.2, -0.15) is 0 Å². The lowest BCUT2D eigenvalue weighted by Crippen LogP contribution is -2.42. The maximum atomic E-state index is 13.0. The Hall–Kier alpha value is -2.88. The zero-order chi connectivity index (χ0) is 21.0. The molecular formula is C19H23N3O6S. The molecule has 29 heavy (non-hydrogen) atoms. The lowest BCUT2D eigenvalue weighted by molar-refractivity contribution is 0.0513. The van der Waals surface area contributed by atoms with E-state index < -0.39 is 21.6 Å². The predicted octanol–water partition coefficient (Wildman–Crippen LogP) is 1.47. The number of rotatable bonds is 6. The molecule has 1 saturated heterocycles. The summed E-state index contributed by atoms with van der Waals surface area (Å²) in [7, 11) is -2.22. The van der Waals surface area contributed by atoms with Crippen LogP contribution >= 0.6 is 0 Å². The Morgan fingerprint density at radius 3 is 2.59 bits per heavy atom. The molecule has 0 saturated carbocycles. The fourth-order valence-electron chi connectivity index (χ4n) is 3.00. The molecule has 0 atom stereocenters. The van der Waals surface area contributed by atoms with Gasteiger partial charge in [0.15, 0.2) is 5.69 Å². The van der Waals surface area contributed by atoms with Crippen LogP contribution in [0.5, 0.6) is 5.75 Å². The van der Waals surface area contributed by atoms with Crippen molar-refractivity contribution >= 4 is 21.9 Å². The standard InChI is InChI=1S/C19H23N3O6S/c1-3-27-18(24)15-16(28-13-14-9-5-4-6-10-14)17(23)21(2)19(20-15)22-11-7-8-12-29(22,25)26/h4-6,9-10H,3,7-8,11-13H2,1-2H3. The van der Waals surface area contributed by atoms with Crippen molar-refractivity contribution in [1.29, 1.82) is 0 Å². The first-order chi connectivity index (χ1) is 13.8. The number of hydrogen-bond donors (Lipinski definition) is 0.